The molecule has 3 aliphatic carbocycles. The van der Waals surface area contributed by atoms with Gasteiger partial charge in [-0.1, -0.05) is 20.8 Å². The van der Waals surface area contributed by atoms with Gasteiger partial charge in [0.25, 0.3) is 0 Å². The van der Waals surface area contributed by atoms with Crippen molar-refractivity contribution in [2.24, 2.45) is 41.4 Å². The average molecular weight is 164 g/mol. The number of rotatable bonds is 1. The van der Waals surface area contributed by atoms with Crippen molar-refractivity contribution < 1.29 is 0 Å². The highest BCUT2D eigenvalue weighted by Crippen LogP contribution is 2.71. The molecule has 0 bridgehead atoms. The van der Waals surface area contributed by atoms with E-state index in [1.807, 2.05) is 0 Å². The molecule has 0 saturated heterocycles. The predicted molar refractivity (Wildman–Crippen MR) is 50.7 cm³/mol. The molecule has 0 radical (unpaired) electrons. The Morgan fingerprint density at radius 3 is 2.25 bits per heavy atom. The fourth-order valence-corrected chi connectivity index (χ4v) is 4.45. The molecule has 0 amide bonds. The third kappa shape index (κ3) is 0.701. The Bertz CT molecular complexity index is 206. The first kappa shape index (κ1) is 7.41. The van der Waals surface area contributed by atoms with Crippen LogP contribution < -0.4 is 0 Å². The number of fused-ring (bicyclic) bond motifs is 3. The van der Waals surface area contributed by atoms with Crippen LogP contribution in [0.4, 0.5) is 0 Å². The smallest absolute Gasteiger partial charge is 0.0318 e. The molecular formula is C12H20. The molecule has 0 N–H and O–H groups in total. The molecule has 68 valence electrons. The SMILES string of the molecule is CC(C)C1C2CC3C(C)CC3C21. The highest BCUT2D eigenvalue weighted by atomic mass is 14.7. The quantitative estimate of drug-likeness (QED) is 0.558. The minimum absolute atomic E-state index is 0.969. The highest BCUT2D eigenvalue weighted by molar-refractivity contribution is 5.13. The third-order valence-electron chi connectivity index (χ3n) is 5.03. The van der Waals surface area contributed by atoms with E-state index < -0.39 is 0 Å². The summed E-state index contributed by atoms with van der Waals surface area (Å²) < 4.78 is 0. The van der Waals surface area contributed by atoms with Crippen LogP contribution in [0.25, 0.3) is 0 Å². The summed E-state index contributed by atoms with van der Waals surface area (Å²) in [6, 6.07) is 0. The molecular weight excluding hydrogens is 144 g/mol. The number of hydrogen-bond donors (Lipinski definition) is 0. The molecule has 3 rings (SSSR count). The van der Waals surface area contributed by atoms with Crippen LogP contribution in [0.2, 0.25) is 0 Å². The molecule has 0 aromatic heterocycles. The second kappa shape index (κ2) is 2.08. The number of hydrogen-bond acceptors (Lipinski definition) is 0. The van der Waals surface area contributed by atoms with Crippen LogP contribution in [0.3, 0.4) is 0 Å². The maximum absolute atomic E-state index is 2.45. The van der Waals surface area contributed by atoms with Crippen LogP contribution in [-0.2, 0) is 0 Å². The van der Waals surface area contributed by atoms with Crippen molar-refractivity contribution in [3.8, 4) is 0 Å². The van der Waals surface area contributed by atoms with Crippen LogP contribution in [0.5, 0.6) is 0 Å². The first-order valence-corrected chi connectivity index (χ1v) is 5.70. The molecule has 0 spiro atoms. The second-order valence-electron chi connectivity index (χ2n) is 5.84. The molecule has 0 heterocycles. The van der Waals surface area contributed by atoms with Crippen molar-refractivity contribution in [2.75, 3.05) is 0 Å². The van der Waals surface area contributed by atoms with Crippen molar-refractivity contribution in [3.05, 3.63) is 0 Å². The van der Waals surface area contributed by atoms with Crippen LogP contribution in [-0.4, -0.2) is 0 Å². The summed E-state index contributed by atoms with van der Waals surface area (Å²) in [5.74, 6) is 7.88. The molecule has 0 nitrogen and oxygen atoms in total. The van der Waals surface area contributed by atoms with Gasteiger partial charge >= 0.3 is 0 Å². The standard InChI is InChI=1S/C12H20/c1-6(2)11-10-5-8-7(3)4-9(8)12(10)11/h6-12H,4-5H2,1-3H3. The van der Waals surface area contributed by atoms with Gasteiger partial charge in [0.15, 0.2) is 0 Å². The van der Waals surface area contributed by atoms with E-state index in [1.165, 1.54) is 17.8 Å². The summed E-state index contributed by atoms with van der Waals surface area (Å²) in [5, 5.41) is 0. The first-order chi connectivity index (χ1) is 5.70. The van der Waals surface area contributed by atoms with Crippen LogP contribution in [0.15, 0.2) is 0 Å². The topological polar surface area (TPSA) is 0 Å². The fourth-order valence-electron chi connectivity index (χ4n) is 4.45. The molecule has 0 aromatic rings. The Labute approximate surface area is 75.7 Å². The zero-order valence-corrected chi connectivity index (χ0v) is 8.46. The lowest BCUT2D eigenvalue weighted by atomic mass is 9.64. The van der Waals surface area contributed by atoms with Gasteiger partial charge in [-0.3, -0.25) is 0 Å². The summed E-state index contributed by atoms with van der Waals surface area (Å²) in [6.07, 6.45) is 3.16. The summed E-state index contributed by atoms with van der Waals surface area (Å²) in [6.45, 7) is 7.29. The maximum atomic E-state index is 2.45. The molecule has 3 aliphatic rings. The van der Waals surface area contributed by atoms with Gasteiger partial charge in [0, 0.05) is 0 Å². The molecule has 3 fully saturated rings. The third-order valence-corrected chi connectivity index (χ3v) is 5.03. The first-order valence-electron chi connectivity index (χ1n) is 5.70. The molecule has 0 aliphatic heterocycles. The van der Waals surface area contributed by atoms with E-state index in [9.17, 15) is 0 Å². The lowest BCUT2D eigenvalue weighted by Crippen LogP contribution is -2.34. The van der Waals surface area contributed by atoms with E-state index in [4.69, 9.17) is 0 Å². The zero-order valence-electron chi connectivity index (χ0n) is 8.46. The monoisotopic (exact) mass is 164 g/mol. The summed E-state index contributed by atoms with van der Waals surface area (Å²) in [5.41, 5.74) is 0. The normalized spacial score (nSPS) is 61.0. The Balaban J connectivity index is 1.71. The Morgan fingerprint density at radius 2 is 1.75 bits per heavy atom. The largest absolute Gasteiger partial charge is 0.0625 e. The predicted octanol–water partition coefficient (Wildman–Crippen LogP) is 3.18. The average Bonchev–Trinajstić information content (AvgIpc) is 2.62. The van der Waals surface area contributed by atoms with Gasteiger partial charge in [-0.15, -0.1) is 0 Å². The Kier molecular flexibility index (Phi) is 1.28. The lowest BCUT2D eigenvalue weighted by Gasteiger charge is -2.41. The van der Waals surface area contributed by atoms with E-state index in [-0.39, 0.29) is 0 Å². The van der Waals surface area contributed by atoms with E-state index in [2.05, 4.69) is 20.8 Å². The van der Waals surface area contributed by atoms with Gasteiger partial charge in [-0.2, -0.15) is 0 Å². The molecule has 6 unspecified atom stereocenters. The van der Waals surface area contributed by atoms with E-state index in [1.54, 1.807) is 12.8 Å². The second-order valence-corrected chi connectivity index (χ2v) is 5.84. The molecule has 3 saturated carbocycles. The van der Waals surface area contributed by atoms with Crippen LogP contribution in [0.1, 0.15) is 33.6 Å². The van der Waals surface area contributed by atoms with E-state index in [0.29, 0.717) is 0 Å². The Morgan fingerprint density at radius 1 is 1.00 bits per heavy atom. The minimum atomic E-state index is 0.969. The zero-order chi connectivity index (χ0) is 8.46. The van der Waals surface area contributed by atoms with Crippen molar-refractivity contribution in [1.29, 1.82) is 0 Å². The molecule has 6 atom stereocenters. The van der Waals surface area contributed by atoms with Crippen LogP contribution >= 0.6 is 0 Å². The molecule has 12 heavy (non-hydrogen) atoms. The van der Waals surface area contributed by atoms with Gasteiger partial charge in [-0.05, 0) is 54.3 Å². The van der Waals surface area contributed by atoms with Gasteiger partial charge < -0.3 is 0 Å². The van der Waals surface area contributed by atoms with Crippen molar-refractivity contribution in [3.63, 3.8) is 0 Å². The molecule has 0 aromatic carbocycles. The van der Waals surface area contributed by atoms with Gasteiger partial charge in [0.05, 0.1) is 0 Å². The van der Waals surface area contributed by atoms with Crippen molar-refractivity contribution in [2.45, 2.75) is 33.6 Å². The fraction of sp³-hybridized carbons (Fsp3) is 1.00. The summed E-state index contributed by atoms with van der Waals surface area (Å²) >= 11 is 0. The van der Waals surface area contributed by atoms with Gasteiger partial charge in [0.1, 0.15) is 0 Å². The Hall–Kier alpha value is 0. The minimum Gasteiger partial charge on any atom is -0.0625 e. The highest BCUT2D eigenvalue weighted by Gasteiger charge is 2.65. The van der Waals surface area contributed by atoms with Crippen molar-refractivity contribution >= 4 is 0 Å². The molecule has 0 heteroatoms. The summed E-state index contributed by atoms with van der Waals surface area (Å²) in [7, 11) is 0. The maximum Gasteiger partial charge on any atom is -0.0318 e. The van der Waals surface area contributed by atoms with E-state index in [0.717, 1.165) is 23.7 Å². The lowest BCUT2D eigenvalue weighted by molar-refractivity contribution is 0.0770. The van der Waals surface area contributed by atoms with Crippen LogP contribution in [0, 0.1) is 41.4 Å². The van der Waals surface area contributed by atoms with Crippen molar-refractivity contribution in [1.82, 2.24) is 0 Å². The van der Waals surface area contributed by atoms with E-state index >= 15 is 0 Å². The van der Waals surface area contributed by atoms with Gasteiger partial charge in [0.2, 0.25) is 0 Å². The van der Waals surface area contributed by atoms with Gasteiger partial charge in [-0.25, -0.2) is 0 Å². The summed E-state index contributed by atoms with van der Waals surface area (Å²) in [4.78, 5) is 0.